The summed E-state index contributed by atoms with van der Waals surface area (Å²) < 4.78 is 24.6. The third-order valence-corrected chi connectivity index (χ3v) is 16.3. The van der Waals surface area contributed by atoms with E-state index in [-0.39, 0.29) is 27.5 Å². The largest absolute Gasteiger partial charge is 0.435 e. The molecule has 4 unspecified atom stereocenters. The fraction of sp³-hybridized carbons (Fsp3) is 0.800. The summed E-state index contributed by atoms with van der Waals surface area (Å²) >= 11 is 5.15. The Hall–Kier alpha value is -0.836. The zero-order valence-corrected chi connectivity index (χ0v) is 24.5. The van der Waals surface area contributed by atoms with E-state index in [1.54, 1.807) is 0 Å². The summed E-state index contributed by atoms with van der Waals surface area (Å²) in [5, 5.41) is 0.369. The SMILES string of the molecule is CC(C)(C)[Si](C)(C)OC1C#CC2OC(=S)OC2C#CC(O[Si](C)(C)C(C)(C)C)CCCC1. The highest BCUT2D eigenvalue weighted by molar-refractivity contribution is 7.79. The summed E-state index contributed by atoms with van der Waals surface area (Å²) in [5.74, 6) is 13.1. The molecule has 4 atom stereocenters. The molecule has 1 fully saturated rings. The normalized spacial score (nSPS) is 27.4. The molecule has 2 aliphatic rings. The van der Waals surface area contributed by atoms with Crippen LogP contribution in [-0.4, -0.2) is 46.3 Å². The predicted molar refractivity (Wildman–Crippen MR) is 141 cm³/mol. The van der Waals surface area contributed by atoms with E-state index in [1.807, 2.05) is 0 Å². The fourth-order valence-electron chi connectivity index (χ4n) is 2.96. The van der Waals surface area contributed by atoms with E-state index in [0.717, 1.165) is 25.7 Å². The van der Waals surface area contributed by atoms with Crippen LogP contribution in [0, 0.1) is 23.7 Å². The van der Waals surface area contributed by atoms with E-state index < -0.39 is 28.8 Å². The molecule has 0 N–H and O–H groups in total. The molecule has 180 valence electrons. The first-order valence-electron chi connectivity index (χ1n) is 11.8. The summed E-state index contributed by atoms with van der Waals surface area (Å²) in [4.78, 5) is 0. The molecule has 1 saturated heterocycles. The molecule has 0 aromatic carbocycles. The molecule has 1 heterocycles. The molecule has 0 aromatic heterocycles. The second-order valence-electron chi connectivity index (χ2n) is 11.9. The number of hydrogen-bond donors (Lipinski definition) is 0. The molecule has 32 heavy (non-hydrogen) atoms. The molecule has 0 bridgehead atoms. The van der Waals surface area contributed by atoms with Crippen molar-refractivity contribution >= 4 is 34.1 Å². The van der Waals surface area contributed by atoms with Gasteiger partial charge in [0.1, 0.15) is 12.2 Å². The Morgan fingerprint density at radius 3 is 1.38 bits per heavy atom. The molecule has 7 heteroatoms. The van der Waals surface area contributed by atoms with Gasteiger partial charge in [0.25, 0.3) is 0 Å². The Bertz CT molecular complexity index is 736. The number of rotatable bonds is 4. The number of fused-ring (bicyclic) bond motifs is 1. The molecule has 2 rings (SSSR count). The maximum Gasteiger partial charge on any atom is 0.355 e. The molecule has 0 aromatic rings. The Morgan fingerprint density at radius 1 is 0.719 bits per heavy atom. The van der Waals surface area contributed by atoms with E-state index in [1.165, 1.54) is 0 Å². The Kier molecular flexibility index (Phi) is 8.73. The summed E-state index contributed by atoms with van der Waals surface area (Å²) in [5.41, 5.74) is 0. The van der Waals surface area contributed by atoms with Crippen LogP contribution < -0.4 is 0 Å². The number of ether oxygens (including phenoxy) is 2. The van der Waals surface area contributed by atoms with E-state index >= 15 is 0 Å². The lowest BCUT2D eigenvalue weighted by Gasteiger charge is -2.38. The minimum absolute atomic E-state index is 0.113. The average Bonchev–Trinajstić information content (AvgIpc) is 2.97. The topological polar surface area (TPSA) is 36.9 Å². The molecular formula is C25H42O4SSi2. The summed E-state index contributed by atoms with van der Waals surface area (Å²) in [6, 6.07) is 0. The van der Waals surface area contributed by atoms with Gasteiger partial charge in [-0.05, 0) is 61.9 Å². The van der Waals surface area contributed by atoms with Crippen LogP contribution in [0.5, 0.6) is 0 Å². The predicted octanol–water partition coefficient (Wildman–Crippen LogP) is 6.42. The zero-order chi connectivity index (χ0) is 24.4. The van der Waals surface area contributed by atoms with Gasteiger partial charge >= 0.3 is 5.24 Å². The Balaban J connectivity index is 2.27. The minimum atomic E-state index is -1.94. The van der Waals surface area contributed by atoms with Crippen LogP contribution >= 0.6 is 12.2 Å². The van der Waals surface area contributed by atoms with Gasteiger partial charge in [0.15, 0.2) is 16.6 Å². The average molecular weight is 495 g/mol. The number of hydrogen-bond acceptors (Lipinski definition) is 5. The fourth-order valence-corrected chi connectivity index (χ4v) is 5.66. The molecule has 0 amide bonds. The van der Waals surface area contributed by atoms with Crippen LogP contribution in [0.4, 0.5) is 0 Å². The van der Waals surface area contributed by atoms with Crippen molar-refractivity contribution in [1.29, 1.82) is 0 Å². The van der Waals surface area contributed by atoms with Crippen LogP contribution in [0.15, 0.2) is 0 Å². The van der Waals surface area contributed by atoms with Crippen LogP contribution in [0.25, 0.3) is 0 Å². The third kappa shape index (κ3) is 7.33. The lowest BCUT2D eigenvalue weighted by molar-refractivity contribution is 0.200. The smallest absolute Gasteiger partial charge is 0.355 e. The lowest BCUT2D eigenvalue weighted by Crippen LogP contribution is -2.44. The second kappa shape index (κ2) is 10.2. The lowest BCUT2D eigenvalue weighted by atomic mass is 10.1. The molecular weight excluding hydrogens is 453 g/mol. The zero-order valence-electron chi connectivity index (χ0n) is 21.7. The van der Waals surface area contributed by atoms with Crippen LogP contribution in [0.1, 0.15) is 67.2 Å². The van der Waals surface area contributed by atoms with Gasteiger partial charge in [0.2, 0.25) is 12.2 Å². The van der Waals surface area contributed by atoms with Crippen molar-refractivity contribution in [3.63, 3.8) is 0 Å². The molecule has 4 nitrogen and oxygen atoms in total. The van der Waals surface area contributed by atoms with Crippen molar-refractivity contribution in [2.45, 2.75) is 128 Å². The second-order valence-corrected chi connectivity index (χ2v) is 21.8. The van der Waals surface area contributed by atoms with E-state index in [4.69, 9.17) is 30.5 Å². The maximum atomic E-state index is 6.65. The van der Waals surface area contributed by atoms with Gasteiger partial charge in [-0.25, -0.2) is 0 Å². The first-order chi connectivity index (χ1) is 14.5. The Morgan fingerprint density at radius 2 is 1.06 bits per heavy atom. The van der Waals surface area contributed by atoms with Crippen molar-refractivity contribution < 1.29 is 18.3 Å². The van der Waals surface area contributed by atoms with Crippen molar-refractivity contribution in [1.82, 2.24) is 0 Å². The maximum absolute atomic E-state index is 6.65. The molecule has 0 spiro atoms. The van der Waals surface area contributed by atoms with Crippen LogP contribution in [0.3, 0.4) is 0 Å². The van der Waals surface area contributed by atoms with Crippen molar-refractivity contribution in [2.75, 3.05) is 0 Å². The van der Waals surface area contributed by atoms with Gasteiger partial charge in [0, 0.05) is 12.2 Å². The first kappa shape index (κ1) is 27.4. The highest BCUT2D eigenvalue weighted by Gasteiger charge is 2.40. The molecule has 1 aliphatic heterocycles. The molecule has 0 saturated carbocycles. The summed E-state index contributed by atoms with van der Waals surface area (Å²) in [6.45, 7) is 22.6. The van der Waals surface area contributed by atoms with Crippen molar-refractivity contribution in [3.05, 3.63) is 0 Å². The van der Waals surface area contributed by atoms with Gasteiger partial charge < -0.3 is 18.3 Å². The van der Waals surface area contributed by atoms with Gasteiger partial charge in [-0.15, -0.1) is 0 Å². The first-order valence-corrected chi connectivity index (χ1v) is 18.0. The number of thiocarbonyl (C=S) groups is 1. The van der Waals surface area contributed by atoms with Gasteiger partial charge in [-0.2, -0.15) is 0 Å². The standard InChI is InChI=1S/C25H42O4SSi2/c1-24(2,3)31(7,8)28-19-13-11-12-14-20(29-32(9,10)25(4,5)6)16-18-22-21(17-15-19)26-23(30)27-22/h19-22H,11-14H2,1-10H3. The van der Waals surface area contributed by atoms with Crippen molar-refractivity contribution in [3.8, 4) is 23.7 Å². The van der Waals surface area contributed by atoms with E-state index in [0.29, 0.717) is 0 Å². The van der Waals surface area contributed by atoms with Gasteiger partial charge in [-0.3, -0.25) is 0 Å². The van der Waals surface area contributed by atoms with Gasteiger partial charge in [0.05, 0.1) is 0 Å². The van der Waals surface area contributed by atoms with Gasteiger partial charge in [-0.1, -0.05) is 65.2 Å². The summed E-state index contributed by atoms with van der Waals surface area (Å²) in [7, 11) is -3.89. The van der Waals surface area contributed by atoms with Crippen molar-refractivity contribution in [2.24, 2.45) is 0 Å². The van der Waals surface area contributed by atoms with Crippen LogP contribution in [0.2, 0.25) is 36.3 Å². The quantitative estimate of drug-likeness (QED) is 0.256. The third-order valence-electron chi connectivity index (χ3n) is 7.16. The van der Waals surface area contributed by atoms with Crippen LogP contribution in [-0.2, 0) is 18.3 Å². The highest BCUT2D eigenvalue weighted by Crippen LogP contribution is 2.39. The van der Waals surface area contributed by atoms with E-state index in [2.05, 4.69) is 91.4 Å². The molecule has 0 radical (unpaired) electrons. The van der Waals surface area contributed by atoms with E-state index in [9.17, 15) is 0 Å². The summed E-state index contributed by atoms with van der Waals surface area (Å²) in [6.07, 6.45) is 2.60. The highest BCUT2D eigenvalue weighted by atomic mass is 32.1. The molecule has 1 aliphatic carbocycles. The Labute approximate surface area is 203 Å². The minimum Gasteiger partial charge on any atom is -0.435 e. The monoisotopic (exact) mass is 494 g/mol.